The zero-order chi connectivity index (χ0) is 13.2. The van der Waals surface area contributed by atoms with Gasteiger partial charge in [-0.25, -0.2) is 0 Å². The van der Waals surface area contributed by atoms with E-state index < -0.39 is 11.8 Å². The van der Waals surface area contributed by atoms with E-state index in [1.165, 1.54) is 6.07 Å². The summed E-state index contributed by atoms with van der Waals surface area (Å²) < 4.78 is 0. The van der Waals surface area contributed by atoms with Crippen LogP contribution in [-0.4, -0.2) is 22.0 Å². The minimum absolute atomic E-state index is 0.0103. The van der Waals surface area contributed by atoms with Gasteiger partial charge in [0, 0.05) is 11.4 Å². The molecule has 0 aromatic heterocycles. The van der Waals surface area contributed by atoms with Crippen LogP contribution in [0.25, 0.3) is 0 Å². The van der Waals surface area contributed by atoms with Gasteiger partial charge in [-0.05, 0) is 18.6 Å². The fourth-order valence-corrected chi connectivity index (χ4v) is 1.73. The molecule has 0 atom stereocenters. The number of aliphatic carboxylic acids is 1. The predicted molar refractivity (Wildman–Crippen MR) is 64.1 cm³/mol. The van der Waals surface area contributed by atoms with Crippen LogP contribution in [0.15, 0.2) is 6.07 Å². The summed E-state index contributed by atoms with van der Waals surface area (Å²) in [6.07, 6.45) is -0.514. The van der Waals surface area contributed by atoms with E-state index >= 15 is 0 Å². The Bertz CT molecular complexity index is 483. The number of ketones is 1. The van der Waals surface area contributed by atoms with Crippen LogP contribution in [0.5, 0.6) is 5.75 Å². The van der Waals surface area contributed by atoms with E-state index in [4.69, 9.17) is 28.3 Å². The highest BCUT2D eigenvalue weighted by atomic mass is 35.5. The molecule has 1 rings (SSSR count). The molecule has 0 saturated heterocycles. The molecule has 0 bridgehead atoms. The van der Waals surface area contributed by atoms with Gasteiger partial charge < -0.3 is 10.2 Å². The van der Waals surface area contributed by atoms with Crippen LogP contribution >= 0.6 is 23.2 Å². The number of carbonyl (C=O) groups excluding carboxylic acids is 1. The van der Waals surface area contributed by atoms with Gasteiger partial charge in [0.25, 0.3) is 0 Å². The van der Waals surface area contributed by atoms with E-state index in [9.17, 15) is 14.7 Å². The molecule has 0 spiro atoms. The van der Waals surface area contributed by atoms with Crippen LogP contribution < -0.4 is 0 Å². The second-order valence-electron chi connectivity index (χ2n) is 3.51. The number of phenols is 1. The molecule has 1 aromatic carbocycles. The summed E-state index contributed by atoms with van der Waals surface area (Å²) in [6.45, 7) is 1.61. The van der Waals surface area contributed by atoms with E-state index in [2.05, 4.69) is 0 Å². The lowest BCUT2D eigenvalue weighted by molar-refractivity contribution is -0.136. The molecule has 92 valence electrons. The lowest BCUT2D eigenvalue weighted by Gasteiger charge is -2.09. The first-order chi connectivity index (χ1) is 7.84. The third-order valence-electron chi connectivity index (χ3n) is 2.29. The predicted octanol–water partition coefficient (Wildman–Crippen LogP) is 3.05. The van der Waals surface area contributed by atoms with Crippen molar-refractivity contribution in [2.75, 3.05) is 0 Å². The molecular weight excluding hydrogens is 267 g/mol. The smallest absolute Gasteiger partial charge is 0.303 e. The Balaban J connectivity index is 3.06. The minimum Gasteiger partial charge on any atom is -0.506 e. The Morgan fingerprint density at radius 2 is 1.88 bits per heavy atom. The summed E-state index contributed by atoms with van der Waals surface area (Å²) in [7, 11) is 0. The SMILES string of the molecule is Cc1c(Cl)cc(C(=O)CCC(=O)O)c(O)c1Cl. The first kappa shape index (κ1) is 13.8. The first-order valence-electron chi connectivity index (χ1n) is 4.77. The molecule has 0 amide bonds. The number of carboxylic acids is 1. The Hall–Kier alpha value is -1.26. The zero-order valence-electron chi connectivity index (χ0n) is 8.96. The van der Waals surface area contributed by atoms with Crippen molar-refractivity contribution in [2.24, 2.45) is 0 Å². The molecule has 17 heavy (non-hydrogen) atoms. The Kier molecular flexibility index (Phi) is 4.37. The highest BCUT2D eigenvalue weighted by Gasteiger charge is 2.18. The van der Waals surface area contributed by atoms with Crippen LogP contribution in [0.2, 0.25) is 10.0 Å². The Morgan fingerprint density at radius 1 is 1.29 bits per heavy atom. The van der Waals surface area contributed by atoms with Gasteiger partial charge in [0.2, 0.25) is 0 Å². The Labute approximate surface area is 108 Å². The van der Waals surface area contributed by atoms with Crippen molar-refractivity contribution in [3.63, 3.8) is 0 Å². The summed E-state index contributed by atoms with van der Waals surface area (Å²) in [5.74, 6) is -1.94. The molecule has 0 saturated carbocycles. The summed E-state index contributed by atoms with van der Waals surface area (Å²) in [4.78, 5) is 22.0. The Morgan fingerprint density at radius 3 is 2.41 bits per heavy atom. The van der Waals surface area contributed by atoms with Crippen molar-refractivity contribution < 1.29 is 19.8 Å². The maximum Gasteiger partial charge on any atom is 0.303 e. The van der Waals surface area contributed by atoms with E-state index in [0.717, 1.165) is 0 Å². The summed E-state index contributed by atoms with van der Waals surface area (Å²) in [5, 5.41) is 18.4. The number of Topliss-reactive ketones (excluding diaryl/α,β-unsaturated/α-hetero) is 1. The average molecular weight is 277 g/mol. The van der Waals surface area contributed by atoms with Crippen LogP contribution in [0.3, 0.4) is 0 Å². The molecule has 0 fully saturated rings. The summed E-state index contributed by atoms with van der Waals surface area (Å²) in [6, 6.07) is 1.29. The molecular formula is C11H10Cl2O4. The maximum atomic E-state index is 11.6. The number of aromatic hydroxyl groups is 1. The van der Waals surface area contributed by atoms with Gasteiger partial charge in [-0.1, -0.05) is 23.2 Å². The van der Waals surface area contributed by atoms with E-state index in [-0.39, 0.29) is 34.2 Å². The fourth-order valence-electron chi connectivity index (χ4n) is 1.27. The molecule has 0 radical (unpaired) electrons. The highest BCUT2D eigenvalue weighted by Crippen LogP contribution is 2.36. The average Bonchev–Trinajstić information content (AvgIpc) is 2.28. The number of hydrogen-bond donors (Lipinski definition) is 2. The molecule has 2 N–H and O–H groups in total. The number of phenolic OH excluding ortho intramolecular Hbond substituents is 1. The second-order valence-corrected chi connectivity index (χ2v) is 4.30. The number of carboxylic acid groups (broad SMARTS) is 1. The van der Waals surface area contributed by atoms with Gasteiger partial charge in [-0.3, -0.25) is 9.59 Å². The zero-order valence-corrected chi connectivity index (χ0v) is 10.5. The largest absolute Gasteiger partial charge is 0.506 e. The van der Waals surface area contributed by atoms with Crippen molar-refractivity contribution >= 4 is 35.0 Å². The number of carbonyl (C=O) groups is 2. The number of hydrogen-bond acceptors (Lipinski definition) is 3. The van der Waals surface area contributed by atoms with Crippen molar-refractivity contribution in [1.82, 2.24) is 0 Å². The number of halogens is 2. The van der Waals surface area contributed by atoms with Crippen LogP contribution in [0.4, 0.5) is 0 Å². The van der Waals surface area contributed by atoms with Gasteiger partial charge >= 0.3 is 5.97 Å². The van der Waals surface area contributed by atoms with Gasteiger partial charge in [0.1, 0.15) is 5.75 Å². The number of benzene rings is 1. The lowest BCUT2D eigenvalue weighted by atomic mass is 10.0. The van der Waals surface area contributed by atoms with Gasteiger partial charge in [-0.15, -0.1) is 0 Å². The van der Waals surface area contributed by atoms with Crippen molar-refractivity contribution in [1.29, 1.82) is 0 Å². The van der Waals surface area contributed by atoms with Crippen molar-refractivity contribution in [2.45, 2.75) is 19.8 Å². The van der Waals surface area contributed by atoms with Crippen LogP contribution in [0, 0.1) is 6.92 Å². The third kappa shape index (κ3) is 3.11. The third-order valence-corrected chi connectivity index (χ3v) is 3.14. The van der Waals surface area contributed by atoms with Crippen LogP contribution in [0.1, 0.15) is 28.8 Å². The maximum absolute atomic E-state index is 11.6. The fraction of sp³-hybridized carbons (Fsp3) is 0.273. The summed E-state index contributed by atoms with van der Waals surface area (Å²) >= 11 is 11.6. The van der Waals surface area contributed by atoms with Gasteiger partial charge in [0.15, 0.2) is 5.78 Å². The van der Waals surface area contributed by atoms with E-state index in [0.29, 0.717) is 5.56 Å². The van der Waals surface area contributed by atoms with Gasteiger partial charge in [-0.2, -0.15) is 0 Å². The monoisotopic (exact) mass is 276 g/mol. The molecule has 0 aliphatic heterocycles. The molecule has 0 heterocycles. The molecule has 0 aliphatic rings. The standard InChI is InChI=1S/C11H10Cl2O4/c1-5-7(12)4-6(11(17)10(5)13)8(14)2-3-9(15)16/h4,17H,2-3H2,1H3,(H,15,16). The quantitative estimate of drug-likeness (QED) is 0.829. The van der Waals surface area contributed by atoms with Crippen molar-refractivity contribution in [3.8, 4) is 5.75 Å². The molecule has 0 unspecified atom stereocenters. The number of rotatable bonds is 4. The minimum atomic E-state index is -1.08. The lowest BCUT2D eigenvalue weighted by Crippen LogP contribution is -2.04. The second kappa shape index (κ2) is 5.38. The van der Waals surface area contributed by atoms with Gasteiger partial charge in [0.05, 0.1) is 17.0 Å². The first-order valence-corrected chi connectivity index (χ1v) is 5.52. The molecule has 6 heteroatoms. The molecule has 4 nitrogen and oxygen atoms in total. The molecule has 0 aliphatic carbocycles. The summed E-state index contributed by atoms with van der Waals surface area (Å²) in [5.41, 5.74) is 0.424. The molecule has 1 aromatic rings. The van der Waals surface area contributed by atoms with E-state index in [1.807, 2.05) is 0 Å². The highest BCUT2D eigenvalue weighted by molar-refractivity contribution is 6.37. The van der Waals surface area contributed by atoms with E-state index in [1.54, 1.807) is 6.92 Å². The van der Waals surface area contributed by atoms with Crippen LogP contribution in [-0.2, 0) is 4.79 Å². The topological polar surface area (TPSA) is 74.6 Å². The normalized spacial score (nSPS) is 10.3. The van der Waals surface area contributed by atoms with Crippen molar-refractivity contribution in [3.05, 3.63) is 27.2 Å².